The van der Waals surface area contributed by atoms with Gasteiger partial charge in [-0.1, -0.05) is 0 Å². The Hall–Kier alpha value is -3.31. The third-order valence-corrected chi connectivity index (χ3v) is 6.18. The van der Waals surface area contributed by atoms with E-state index in [0.717, 1.165) is 49.8 Å². The molecule has 2 aliphatic rings. The molecule has 2 aromatic rings. The lowest BCUT2D eigenvalue weighted by atomic mass is 9.97. The number of carbonyl (C=O) groups is 3. The molecule has 2 saturated heterocycles. The highest BCUT2D eigenvalue weighted by atomic mass is 32.2. The fourth-order valence-electron chi connectivity index (χ4n) is 3.67. The van der Waals surface area contributed by atoms with E-state index in [1.807, 2.05) is 0 Å². The summed E-state index contributed by atoms with van der Waals surface area (Å²) in [5.74, 6) is -0.310. The molecule has 0 aromatic carbocycles. The third kappa shape index (κ3) is 5.29. The first-order valence-corrected chi connectivity index (χ1v) is 11.0. The molecule has 3 N–H and O–H groups in total. The van der Waals surface area contributed by atoms with Gasteiger partial charge in [0.1, 0.15) is 0 Å². The standard InChI is InChI=1S/C21H22N6O4S/c28-18-17(32-21(31)26-18)9-15-2-6-24-20(25-15)27-7-3-13(4-8-27)10-23-11-14-1-5-22-12-16(14)19(29)30/h1-2,5-6,9,12-13,23H,3-4,7-8,10-11H2,(H,29,30)(H,26,28,31). The van der Waals surface area contributed by atoms with Crippen molar-refractivity contribution in [1.82, 2.24) is 25.6 Å². The van der Waals surface area contributed by atoms with Crippen molar-refractivity contribution in [3.8, 4) is 0 Å². The number of nitrogens with one attached hydrogen (secondary N) is 2. The molecule has 2 aliphatic heterocycles. The van der Waals surface area contributed by atoms with E-state index in [-0.39, 0.29) is 10.8 Å². The van der Waals surface area contributed by atoms with E-state index in [9.17, 15) is 19.5 Å². The molecule has 0 bridgehead atoms. The minimum atomic E-state index is -0.972. The second-order valence-corrected chi connectivity index (χ2v) is 8.55. The van der Waals surface area contributed by atoms with Gasteiger partial charge in [0, 0.05) is 38.2 Å². The van der Waals surface area contributed by atoms with Crippen LogP contribution >= 0.6 is 11.8 Å². The van der Waals surface area contributed by atoms with Crippen molar-refractivity contribution in [3.63, 3.8) is 0 Å². The zero-order chi connectivity index (χ0) is 22.5. The first-order chi connectivity index (χ1) is 15.5. The number of carboxylic acids is 1. The first kappa shape index (κ1) is 21.9. The van der Waals surface area contributed by atoms with Crippen molar-refractivity contribution in [2.24, 2.45) is 5.92 Å². The number of hydrogen-bond donors (Lipinski definition) is 3. The van der Waals surface area contributed by atoms with Gasteiger partial charge in [-0.05, 0) is 60.8 Å². The van der Waals surface area contributed by atoms with Crippen molar-refractivity contribution < 1.29 is 19.5 Å². The summed E-state index contributed by atoms with van der Waals surface area (Å²) in [7, 11) is 0. The summed E-state index contributed by atoms with van der Waals surface area (Å²) in [5.41, 5.74) is 1.53. The van der Waals surface area contributed by atoms with Crippen LogP contribution in [0, 0.1) is 5.92 Å². The number of pyridine rings is 1. The number of carboxylic acid groups (broad SMARTS) is 1. The smallest absolute Gasteiger partial charge is 0.337 e. The molecule has 0 unspecified atom stereocenters. The van der Waals surface area contributed by atoms with Crippen LogP contribution in [0.2, 0.25) is 0 Å². The fraction of sp³-hybridized carbons (Fsp3) is 0.333. The van der Waals surface area contributed by atoms with Crippen LogP contribution < -0.4 is 15.5 Å². The van der Waals surface area contributed by atoms with Gasteiger partial charge in [0.25, 0.3) is 11.1 Å². The molecule has 10 nitrogen and oxygen atoms in total. The lowest BCUT2D eigenvalue weighted by molar-refractivity contribution is -0.115. The molecule has 4 heterocycles. The lowest BCUT2D eigenvalue weighted by Crippen LogP contribution is -2.38. The number of aromatic nitrogens is 3. The van der Waals surface area contributed by atoms with Gasteiger partial charge in [-0.3, -0.25) is 19.9 Å². The molecule has 0 saturated carbocycles. The highest BCUT2D eigenvalue weighted by molar-refractivity contribution is 8.18. The molecule has 2 fully saturated rings. The number of aromatic carboxylic acids is 1. The van der Waals surface area contributed by atoms with Crippen LogP contribution in [0.3, 0.4) is 0 Å². The number of piperidine rings is 1. The van der Waals surface area contributed by atoms with E-state index in [1.54, 1.807) is 30.6 Å². The van der Waals surface area contributed by atoms with Gasteiger partial charge in [-0.15, -0.1) is 0 Å². The minimum Gasteiger partial charge on any atom is -0.478 e. The maximum atomic E-state index is 11.7. The Balaban J connectivity index is 1.29. The summed E-state index contributed by atoms with van der Waals surface area (Å²) >= 11 is 0.863. The van der Waals surface area contributed by atoms with Gasteiger partial charge in [-0.2, -0.15) is 0 Å². The Labute approximate surface area is 188 Å². The molecular formula is C21H22N6O4S. The molecule has 166 valence electrons. The summed E-state index contributed by atoms with van der Waals surface area (Å²) in [6.07, 6.45) is 8.13. The Morgan fingerprint density at radius 2 is 2.09 bits per heavy atom. The van der Waals surface area contributed by atoms with Gasteiger partial charge in [0.05, 0.1) is 16.2 Å². The van der Waals surface area contributed by atoms with Gasteiger partial charge in [0.15, 0.2) is 0 Å². The monoisotopic (exact) mass is 454 g/mol. The second kappa shape index (κ2) is 9.88. The predicted molar refractivity (Wildman–Crippen MR) is 119 cm³/mol. The van der Waals surface area contributed by atoms with Crippen molar-refractivity contribution in [2.75, 3.05) is 24.5 Å². The van der Waals surface area contributed by atoms with Crippen molar-refractivity contribution in [2.45, 2.75) is 19.4 Å². The Kier molecular flexibility index (Phi) is 6.76. The third-order valence-electron chi connectivity index (χ3n) is 5.37. The molecule has 0 radical (unpaired) electrons. The summed E-state index contributed by atoms with van der Waals surface area (Å²) in [6, 6.07) is 3.43. The molecule has 4 rings (SSSR count). The summed E-state index contributed by atoms with van der Waals surface area (Å²) < 4.78 is 0. The highest BCUT2D eigenvalue weighted by Crippen LogP contribution is 2.26. The Bertz CT molecular complexity index is 1070. The number of anilines is 1. The molecule has 2 amide bonds. The van der Waals surface area contributed by atoms with Gasteiger partial charge in [0.2, 0.25) is 5.95 Å². The van der Waals surface area contributed by atoms with Gasteiger partial charge in [-0.25, -0.2) is 14.8 Å². The van der Waals surface area contributed by atoms with Crippen molar-refractivity contribution >= 4 is 40.9 Å². The molecule has 0 spiro atoms. The highest BCUT2D eigenvalue weighted by Gasteiger charge is 2.25. The van der Waals surface area contributed by atoms with Crippen molar-refractivity contribution in [1.29, 1.82) is 0 Å². The first-order valence-electron chi connectivity index (χ1n) is 10.2. The molecule has 11 heteroatoms. The van der Waals surface area contributed by atoms with Crippen LogP contribution in [0.4, 0.5) is 10.7 Å². The van der Waals surface area contributed by atoms with Crippen LogP contribution in [0.5, 0.6) is 0 Å². The van der Waals surface area contributed by atoms with E-state index in [4.69, 9.17) is 0 Å². The van der Waals surface area contributed by atoms with Gasteiger partial charge >= 0.3 is 5.97 Å². The zero-order valence-electron chi connectivity index (χ0n) is 17.2. The number of imide groups is 1. The van der Waals surface area contributed by atoms with E-state index in [1.165, 1.54) is 6.20 Å². The normalized spacial score (nSPS) is 18.2. The Morgan fingerprint density at radius 1 is 1.28 bits per heavy atom. The zero-order valence-corrected chi connectivity index (χ0v) is 18.0. The van der Waals surface area contributed by atoms with Crippen LogP contribution in [0.25, 0.3) is 6.08 Å². The number of amides is 2. The summed E-state index contributed by atoms with van der Waals surface area (Å²) in [4.78, 5) is 49.5. The average Bonchev–Trinajstić information content (AvgIpc) is 3.11. The van der Waals surface area contributed by atoms with E-state index in [0.29, 0.717) is 29.0 Å². The molecule has 0 aliphatic carbocycles. The molecule has 2 aromatic heterocycles. The topological polar surface area (TPSA) is 137 Å². The fourth-order valence-corrected chi connectivity index (χ4v) is 4.33. The van der Waals surface area contributed by atoms with Gasteiger partial charge < -0.3 is 15.3 Å². The number of hydrogen-bond acceptors (Lipinski definition) is 9. The minimum absolute atomic E-state index is 0.222. The maximum absolute atomic E-state index is 11.7. The van der Waals surface area contributed by atoms with Crippen LogP contribution in [0.1, 0.15) is 34.5 Å². The second-order valence-electron chi connectivity index (χ2n) is 7.53. The van der Waals surface area contributed by atoms with E-state index in [2.05, 4.69) is 30.5 Å². The average molecular weight is 455 g/mol. The van der Waals surface area contributed by atoms with E-state index >= 15 is 0 Å². The van der Waals surface area contributed by atoms with Crippen molar-refractivity contribution in [3.05, 3.63) is 52.4 Å². The molecular weight excluding hydrogens is 432 g/mol. The summed E-state index contributed by atoms with van der Waals surface area (Å²) in [5, 5.41) is 14.5. The maximum Gasteiger partial charge on any atom is 0.337 e. The Morgan fingerprint density at radius 3 is 2.81 bits per heavy atom. The van der Waals surface area contributed by atoms with Crippen LogP contribution in [0.15, 0.2) is 35.6 Å². The van der Waals surface area contributed by atoms with Crippen LogP contribution in [-0.2, 0) is 11.3 Å². The number of thioether (sulfide) groups is 1. The largest absolute Gasteiger partial charge is 0.478 e. The lowest BCUT2D eigenvalue weighted by Gasteiger charge is -2.32. The summed E-state index contributed by atoms with van der Waals surface area (Å²) in [6.45, 7) is 2.88. The van der Waals surface area contributed by atoms with E-state index < -0.39 is 11.9 Å². The predicted octanol–water partition coefficient (Wildman–Crippen LogP) is 1.90. The quantitative estimate of drug-likeness (QED) is 0.532. The van der Waals surface area contributed by atoms with Crippen LogP contribution in [-0.4, -0.2) is 56.8 Å². The molecule has 32 heavy (non-hydrogen) atoms. The molecule has 0 atom stereocenters. The number of rotatable bonds is 7. The number of carbonyl (C=O) groups excluding carboxylic acids is 2. The number of nitrogens with zero attached hydrogens (tertiary/aromatic N) is 4. The SMILES string of the molecule is O=C1NC(=O)C(=Cc2ccnc(N3CCC(CNCc4ccncc4C(=O)O)CC3)n2)S1.